The van der Waals surface area contributed by atoms with Crippen LogP contribution >= 0.6 is 23.5 Å². The summed E-state index contributed by atoms with van der Waals surface area (Å²) < 4.78 is 50.7. The fraction of sp³-hybridized carbons (Fsp3) is 0.500. The van der Waals surface area contributed by atoms with Crippen molar-refractivity contribution in [3.05, 3.63) is 22.2 Å². The minimum Gasteiger partial charge on any atom is -0.756 e. The molecule has 1 saturated heterocycles. The summed E-state index contributed by atoms with van der Waals surface area (Å²) in [5, 5.41) is 0. The molecule has 1 aromatic heterocycles. The Hall–Kier alpha value is 1.57. The maximum atomic E-state index is 12.1. The van der Waals surface area contributed by atoms with E-state index in [0.717, 1.165) is 4.57 Å². The Bertz CT molecular complexity index is 1090. The average molecular weight is 570 g/mol. The fourth-order valence-corrected chi connectivity index (χ4v) is 5.32. The quantitative estimate of drug-likeness (QED) is 0.149. The van der Waals surface area contributed by atoms with Gasteiger partial charge in [-0.15, -0.1) is 0 Å². The van der Waals surface area contributed by atoms with Gasteiger partial charge in [0.2, 0.25) is 0 Å². The van der Waals surface area contributed by atoms with E-state index in [0.29, 0.717) is 0 Å². The van der Waals surface area contributed by atoms with Crippen molar-refractivity contribution in [1.29, 1.82) is 0 Å². The van der Waals surface area contributed by atoms with Gasteiger partial charge in [-0.1, -0.05) is 11.8 Å². The Morgan fingerprint density at radius 2 is 1.79 bits per heavy atom. The van der Waals surface area contributed by atoms with E-state index < -0.39 is 48.1 Å². The zero-order chi connectivity index (χ0) is 23.4. The van der Waals surface area contributed by atoms with Crippen molar-refractivity contribution in [1.82, 2.24) is 9.55 Å². The number of hydrogen-bond acceptors (Lipinski definition) is 14. The molecule has 174 valence electrons. The monoisotopic (exact) mass is 570 g/mol. The predicted octanol–water partition coefficient (Wildman–Crippen LogP) is -11.7. The van der Waals surface area contributed by atoms with Gasteiger partial charge in [0.1, 0.15) is 12.0 Å². The van der Waals surface area contributed by atoms with Gasteiger partial charge in [-0.25, -0.2) is 13.4 Å². The molecule has 5 N–H and O–H groups in total. The number of phosphoric acid groups is 3. The Balaban J connectivity index is 0. The molecule has 2 heterocycles. The molecule has 0 aromatic carbocycles. The van der Waals surface area contributed by atoms with Crippen molar-refractivity contribution in [2.24, 2.45) is 5.73 Å². The number of nitrogens with zero attached hydrogens (tertiary/aromatic N) is 2. The van der Waals surface area contributed by atoms with Crippen LogP contribution in [0.4, 0.5) is 5.82 Å². The predicted molar refractivity (Wildman–Crippen MR) is 95.1 cm³/mol. The summed E-state index contributed by atoms with van der Waals surface area (Å²) in [4.78, 5) is 57.1. The first kappa shape index (κ1) is 37.7. The van der Waals surface area contributed by atoms with E-state index in [4.69, 9.17) is 21.1 Å². The van der Waals surface area contributed by atoms with Gasteiger partial charge in [0.25, 0.3) is 23.5 Å². The molecule has 0 spiro atoms. The number of aromatic nitrogens is 2. The van der Waals surface area contributed by atoms with Crippen LogP contribution in [0.1, 0.15) is 24.6 Å². The Morgan fingerprint density at radius 1 is 1.18 bits per heavy atom. The number of phosphoric ester groups is 1. The minimum absolute atomic E-state index is 0. The second kappa shape index (κ2) is 15.9. The van der Waals surface area contributed by atoms with Crippen LogP contribution in [0.15, 0.2) is 11.0 Å². The van der Waals surface area contributed by atoms with Crippen LogP contribution in [-0.4, -0.2) is 33.7 Å². The van der Waals surface area contributed by atoms with Crippen molar-refractivity contribution in [3.8, 4) is 11.8 Å². The summed E-state index contributed by atoms with van der Waals surface area (Å²) in [7, 11) is -17.4. The topological polar surface area (TPSA) is 264 Å². The molecule has 34 heavy (non-hydrogen) atoms. The van der Waals surface area contributed by atoms with Gasteiger partial charge < -0.3 is 40.3 Å². The zero-order valence-electron chi connectivity index (χ0n) is 18.4. The molecule has 0 saturated carbocycles. The second-order valence-electron chi connectivity index (χ2n) is 5.85. The van der Waals surface area contributed by atoms with E-state index in [-0.39, 0.29) is 119 Å². The van der Waals surface area contributed by atoms with E-state index in [1.54, 1.807) is 0 Å². The smallest absolute Gasteiger partial charge is 0.756 e. The fourth-order valence-electron chi connectivity index (χ4n) is 2.41. The molecular weight excluding hydrogens is 554 g/mol. The molecule has 16 nitrogen and oxygen atoms in total. The molecule has 1 aromatic rings. The number of nitrogen functional groups attached to an aromatic ring is 1. The number of hydrogen-bond donors (Lipinski definition) is 3. The van der Waals surface area contributed by atoms with Crippen LogP contribution < -0.4 is 121 Å². The van der Waals surface area contributed by atoms with Gasteiger partial charge in [-0.3, -0.25) is 18.3 Å². The molecule has 0 amide bonds. The molecule has 0 radical (unpaired) electrons. The molecule has 22 heteroatoms. The summed E-state index contributed by atoms with van der Waals surface area (Å²) in [6, 6.07) is 0. The molecule has 3 unspecified atom stereocenters. The van der Waals surface area contributed by atoms with Crippen molar-refractivity contribution >= 4 is 29.3 Å². The molecule has 1 fully saturated rings. The molecule has 2 rings (SSSR count). The van der Waals surface area contributed by atoms with Crippen LogP contribution in [0.5, 0.6) is 0 Å². The van der Waals surface area contributed by atoms with Crippen LogP contribution in [0.3, 0.4) is 0 Å². The zero-order valence-corrected chi connectivity index (χ0v) is 27.1. The van der Waals surface area contributed by atoms with Gasteiger partial charge in [0, 0.05) is 6.20 Å². The molecule has 1 aliphatic heterocycles. The van der Waals surface area contributed by atoms with E-state index in [2.05, 4.69) is 30.0 Å². The van der Waals surface area contributed by atoms with E-state index in [9.17, 15) is 33.2 Å². The van der Waals surface area contributed by atoms with Gasteiger partial charge in [-0.05, 0) is 12.8 Å². The van der Waals surface area contributed by atoms with E-state index >= 15 is 0 Å². The van der Waals surface area contributed by atoms with E-state index in [1.807, 2.05) is 0 Å². The minimum atomic E-state index is -5.99. The molecule has 0 bridgehead atoms. The number of ether oxygens (including phenoxy) is 1. The third kappa shape index (κ3) is 12.9. The number of rotatable bonds is 8. The Kier molecular flexibility index (Phi) is 17.6. The normalized spacial score (nSPS) is 22.3. The maximum absolute atomic E-state index is 12.1. The molecule has 0 aliphatic carbocycles. The molecule has 5 atom stereocenters. The van der Waals surface area contributed by atoms with Crippen LogP contribution in [-0.2, 0) is 31.6 Å². The Labute approximate surface area is 259 Å². The van der Waals surface area contributed by atoms with E-state index in [1.165, 1.54) is 6.20 Å². The van der Waals surface area contributed by atoms with Crippen molar-refractivity contribution in [3.63, 3.8) is 0 Å². The van der Waals surface area contributed by atoms with Gasteiger partial charge >= 0.3 is 94.4 Å². The summed E-state index contributed by atoms with van der Waals surface area (Å²) in [5.41, 5.74) is 10.4. The van der Waals surface area contributed by atoms with Crippen molar-refractivity contribution in [2.75, 3.05) is 18.9 Å². The summed E-state index contributed by atoms with van der Waals surface area (Å²) in [6.45, 7) is -0.691. The van der Waals surface area contributed by atoms with Crippen LogP contribution in [0.25, 0.3) is 0 Å². The first-order valence-electron chi connectivity index (χ1n) is 8.17. The second-order valence-corrected chi connectivity index (χ2v) is 10.1. The largest absolute Gasteiger partial charge is 1.00 e. The molecular formula is C12H16N4Na3O12P3. The Morgan fingerprint density at radius 3 is 2.35 bits per heavy atom. The number of nitrogens with two attached hydrogens (primary N) is 2. The van der Waals surface area contributed by atoms with Crippen LogP contribution in [0.2, 0.25) is 0 Å². The average Bonchev–Trinajstić information content (AvgIpc) is 3.05. The van der Waals surface area contributed by atoms with Crippen molar-refractivity contribution in [2.45, 2.75) is 25.2 Å². The third-order valence-corrected chi connectivity index (χ3v) is 7.21. The van der Waals surface area contributed by atoms with Gasteiger partial charge in [0.15, 0.2) is 0 Å². The summed E-state index contributed by atoms with van der Waals surface area (Å²) in [5.74, 6) is 5.07. The van der Waals surface area contributed by atoms with Crippen LogP contribution in [0, 0.1) is 11.8 Å². The van der Waals surface area contributed by atoms with Gasteiger partial charge in [-0.2, -0.15) is 4.98 Å². The SMILES string of the molecule is NCC#Cc1cn([C@@H]2CC[C@H](COP(=O)([O-])OP(=O)([O-])OP(=O)([O-])O)O2)c(=O)nc1N.[Na+].[Na+].[Na+]. The first-order chi connectivity index (χ1) is 14.2. The van der Waals surface area contributed by atoms with Crippen molar-refractivity contribution < 1.29 is 140 Å². The summed E-state index contributed by atoms with van der Waals surface area (Å²) >= 11 is 0. The van der Waals surface area contributed by atoms with Gasteiger partial charge in [0.05, 0.1) is 24.8 Å². The third-order valence-electron chi connectivity index (χ3n) is 3.52. The molecule has 1 aliphatic rings. The first-order valence-corrected chi connectivity index (χ1v) is 12.6. The summed E-state index contributed by atoms with van der Waals surface area (Å²) in [6.07, 6.45) is -0.100. The maximum Gasteiger partial charge on any atom is 1.00 e. The standard InChI is InChI=1S/C12H19N4O12P3.3Na/c13-5-1-2-8-6-16(12(17)15-11(8)14)10-4-3-9(26-10)7-25-30(21,22)28-31(23,24)27-29(18,19)20;;;/h6,9-10H,3-5,7,13H2,(H,21,22)(H,23,24)(H2,14,15,17)(H2,18,19,20);;;/q;3*+1/p-3/t9-,10+;;;/m1.../s1. The number of anilines is 1.